The summed E-state index contributed by atoms with van der Waals surface area (Å²) in [6, 6.07) is 9.22. The fourth-order valence-corrected chi connectivity index (χ4v) is 2.17. The Morgan fingerprint density at radius 2 is 2.09 bits per heavy atom. The van der Waals surface area contributed by atoms with Crippen molar-refractivity contribution in [3.63, 3.8) is 0 Å². The van der Waals surface area contributed by atoms with Gasteiger partial charge in [0.05, 0.1) is 12.5 Å². The molecule has 0 bridgehead atoms. The molecule has 0 spiro atoms. The number of hydrogen-bond donors (Lipinski definition) is 2. The number of benzene rings is 1. The number of amides is 1. The topological polar surface area (TPSA) is 88.8 Å². The van der Waals surface area contributed by atoms with Gasteiger partial charge in [0.2, 0.25) is 5.91 Å². The van der Waals surface area contributed by atoms with Crippen molar-refractivity contribution in [2.75, 3.05) is 13.7 Å². The van der Waals surface area contributed by atoms with Gasteiger partial charge in [0, 0.05) is 12.5 Å². The minimum Gasteiger partial charge on any atom is -0.479 e. The molecule has 1 amide bonds. The van der Waals surface area contributed by atoms with E-state index in [2.05, 4.69) is 5.32 Å². The van der Waals surface area contributed by atoms with E-state index in [0.29, 0.717) is 11.3 Å². The fraction of sp³-hybridized carbons (Fsp3) is 0.375. The normalized spacial score (nSPS) is 15.2. The number of methoxy groups -OCH3 is 1. The number of carboxylic acids is 1. The first kappa shape index (κ1) is 16.0. The molecule has 2 N–H and O–H groups in total. The predicted molar refractivity (Wildman–Crippen MR) is 80.7 cm³/mol. The zero-order valence-corrected chi connectivity index (χ0v) is 12.8. The van der Waals surface area contributed by atoms with Gasteiger partial charge in [0.1, 0.15) is 11.3 Å². The lowest BCUT2D eigenvalue weighted by Crippen LogP contribution is -2.56. The first-order chi connectivity index (χ1) is 10.4. The number of hydrogen-bond acceptors (Lipinski definition) is 4. The van der Waals surface area contributed by atoms with E-state index in [-0.39, 0.29) is 6.61 Å². The molecule has 0 radical (unpaired) electrons. The molecular formula is C16H19NO5. The summed E-state index contributed by atoms with van der Waals surface area (Å²) in [6.07, 6.45) is 0. The van der Waals surface area contributed by atoms with E-state index >= 15 is 0 Å². The van der Waals surface area contributed by atoms with Crippen molar-refractivity contribution in [2.45, 2.75) is 25.3 Å². The van der Waals surface area contributed by atoms with Crippen LogP contribution < -0.4 is 5.32 Å². The molecule has 2 atom stereocenters. The van der Waals surface area contributed by atoms with Crippen LogP contribution in [0.5, 0.6) is 0 Å². The van der Waals surface area contributed by atoms with Gasteiger partial charge in [-0.15, -0.1) is 0 Å². The summed E-state index contributed by atoms with van der Waals surface area (Å²) in [5.74, 6) is -1.70. The Hall–Kier alpha value is -2.34. The van der Waals surface area contributed by atoms with Crippen LogP contribution in [0, 0.1) is 0 Å². The Labute approximate surface area is 128 Å². The standard InChI is InChI=1S/C16H19NO5/c1-10(13-8-11-6-4-5-7-12(11)22-13)14(18)17-16(2,9-21-3)15(19)20/h4-8,10H,9H2,1-3H3,(H,17,18)(H,19,20). The van der Waals surface area contributed by atoms with E-state index in [4.69, 9.17) is 9.15 Å². The second kappa shape index (κ2) is 6.19. The molecule has 1 aromatic heterocycles. The zero-order chi connectivity index (χ0) is 16.3. The third-order valence-electron chi connectivity index (χ3n) is 3.57. The van der Waals surface area contributed by atoms with Crippen molar-refractivity contribution in [3.8, 4) is 0 Å². The van der Waals surface area contributed by atoms with Crippen LogP contribution in [0.25, 0.3) is 11.0 Å². The third-order valence-corrected chi connectivity index (χ3v) is 3.57. The van der Waals surface area contributed by atoms with Crippen LogP contribution in [0.3, 0.4) is 0 Å². The maximum atomic E-state index is 12.3. The number of furan rings is 1. The van der Waals surface area contributed by atoms with Crippen LogP contribution in [0.15, 0.2) is 34.7 Å². The lowest BCUT2D eigenvalue weighted by molar-refractivity contribution is -0.149. The smallest absolute Gasteiger partial charge is 0.331 e. The second-order valence-electron chi connectivity index (χ2n) is 5.47. The summed E-state index contributed by atoms with van der Waals surface area (Å²) in [5, 5.41) is 12.7. The molecule has 0 fully saturated rings. The highest BCUT2D eigenvalue weighted by atomic mass is 16.5. The number of carbonyl (C=O) groups is 2. The number of carbonyl (C=O) groups excluding carboxylic acids is 1. The first-order valence-electron chi connectivity index (χ1n) is 6.90. The Kier molecular flexibility index (Phi) is 4.51. The number of para-hydroxylation sites is 1. The molecule has 0 aliphatic heterocycles. The Morgan fingerprint density at radius 1 is 1.41 bits per heavy atom. The predicted octanol–water partition coefficient (Wildman–Crippen LogP) is 2.14. The number of fused-ring (bicyclic) bond motifs is 1. The van der Waals surface area contributed by atoms with Crippen molar-refractivity contribution in [1.82, 2.24) is 5.32 Å². The van der Waals surface area contributed by atoms with Crippen LogP contribution in [0.4, 0.5) is 0 Å². The van der Waals surface area contributed by atoms with Crippen molar-refractivity contribution in [3.05, 3.63) is 36.1 Å². The van der Waals surface area contributed by atoms with Gasteiger partial charge in [-0.25, -0.2) is 4.79 Å². The molecule has 2 aromatic rings. The second-order valence-corrected chi connectivity index (χ2v) is 5.47. The lowest BCUT2D eigenvalue weighted by atomic mass is 10.0. The molecule has 2 rings (SSSR count). The van der Waals surface area contributed by atoms with E-state index in [1.807, 2.05) is 24.3 Å². The highest BCUT2D eigenvalue weighted by Gasteiger charge is 2.36. The highest BCUT2D eigenvalue weighted by Crippen LogP contribution is 2.25. The molecule has 0 aliphatic rings. The molecule has 0 saturated carbocycles. The first-order valence-corrected chi connectivity index (χ1v) is 6.90. The highest BCUT2D eigenvalue weighted by molar-refractivity contribution is 5.90. The number of aliphatic carboxylic acids is 1. The summed E-state index contributed by atoms with van der Waals surface area (Å²) in [4.78, 5) is 23.7. The summed E-state index contributed by atoms with van der Waals surface area (Å²) in [7, 11) is 1.38. The van der Waals surface area contributed by atoms with Crippen LogP contribution in [0.2, 0.25) is 0 Å². The van der Waals surface area contributed by atoms with Gasteiger partial charge in [0.15, 0.2) is 5.54 Å². The summed E-state index contributed by atoms with van der Waals surface area (Å²) in [5.41, 5.74) is -0.790. The van der Waals surface area contributed by atoms with Crippen LogP contribution in [-0.4, -0.2) is 36.2 Å². The number of nitrogens with one attached hydrogen (secondary N) is 1. The molecule has 22 heavy (non-hydrogen) atoms. The lowest BCUT2D eigenvalue weighted by Gasteiger charge is -2.26. The quantitative estimate of drug-likeness (QED) is 0.853. The van der Waals surface area contributed by atoms with Gasteiger partial charge in [-0.2, -0.15) is 0 Å². The third kappa shape index (κ3) is 3.12. The van der Waals surface area contributed by atoms with Crippen LogP contribution >= 0.6 is 0 Å². The fourth-order valence-electron chi connectivity index (χ4n) is 2.17. The molecule has 6 nitrogen and oxygen atoms in total. The molecule has 0 aliphatic carbocycles. The van der Waals surface area contributed by atoms with Gasteiger partial charge in [-0.1, -0.05) is 18.2 Å². The van der Waals surface area contributed by atoms with E-state index < -0.39 is 23.3 Å². The maximum absolute atomic E-state index is 12.3. The van der Waals surface area contributed by atoms with Gasteiger partial charge in [0.25, 0.3) is 0 Å². The number of ether oxygens (including phenoxy) is 1. The Bertz CT molecular complexity index is 660. The minimum absolute atomic E-state index is 0.124. The van der Waals surface area contributed by atoms with Gasteiger partial charge in [-0.3, -0.25) is 4.79 Å². The molecule has 1 aromatic carbocycles. The van der Waals surface area contributed by atoms with Gasteiger partial charge < -0.3 is 19.6 Å². The molecule has 2 unspecified atom stereocenters. The van der Waals surface area contributed by atoms with Crippen LogP contribution in [0.1, 0.15) is 25.5 Å². The minimum atomic E-state index is -1.48. The summed E-state index contributed by atoms with van der Waals surface area (Å²) < 4.78 is 10.5. The average molecular weight is 305 g/mol. The van der Waals surface area contributed by atoms with E-state index in [0.717, 1.165) is 5.39 Å². The Morgan fingerprint density at radius 3 is 2.68 bits per heavy atom. The van der Waals surface area contributed by atoms with Gasteiger partial charge in [-0.05, 0) is 26.0 Å². The zero-order valence-electron chi connectivity index (χ0n) is 12.8. The van der Waals surface area contributed by atoms with Crippen LogP contribution in [-0.2, 0) is 14.3 Å². The SMILES string of the molecule is COCC(C)(NC(=O)C(C)c1cc2ccccc2o1)C(=O)O. The van der Waals surface area contributed by atoms with Crippen molar-refractivity contribution < 1.29 is 23.8 Å². The monoisotopic (exact) mass is 305 g/mol. The molecule has 118 valence electrons. The van der Waals surface area contributed by atoms with E-state index in [1.165, 1.54) is 14.0 Å². The summed E-state index contributed by atoms with van der Waals surface area (Å²) in [6.45, 7) is 2.95. The molecule has 0 saturated heterocycles. The van der Waals surface area contributed by atoms with E-state index in [1.54, 1.807) is 13.0 Å². The molecule has 6 heteroatoms. The summed E-state index contributed by atoms with van der Waals surface area (Å²) >= 11 is 0. The number of rotatable bonds is 6. The molecule has 1 heterocycles. The van der Waals surface area contributed by atoms with Crippen molar-refractivity contribution in [1.29, 1.82) is 0 Å². The Balaban J connectivity index is 2.19. The largest absolute Gasteiger partial charge is 0.479 e. The molecular weight excluding hydrogens is 286 g/mol. The van der Waals surface area contributed by atoms with Gasteiger partial charge >= 0.3 is 5.97 Å². The maximum Gasteiger partial charge on any atom is 0.331 e. The van der Waals surface area contributed by atoms with Crippen molar-refractivity contribution >= 4 is 22.8 Å². The van der Waals surface area contributed by atoms with E-state index in [9.17, 15) is 14.7 Å². The number of carboxylic acid groups (broad SMARTS) is 1. The average Bonchev–Trinajstić information content (AvgIpc) is 2.90. The van der Waals surface area contributed by atoms with Crippen molar-refractivity contribution in [2.24, 2.45) is 0 Å².